The van der Waals surface area contributed by atoms with E-state index in [4.69, 9.17) is 0 Å². The lowest BCUT2D eigenvalue weighted by molar-refractivity contribution is 0.959. The quantitative estimate of drug-likeness (QED) is 0.686. The standard InChI is InChI=1S/C18H17N3S/c1-14(16-10-6-3-7-11-16)22-18-19-17(20-21-18)13-12-15-8-4-2-5-9-15/h2-14H,1H3,(H,19,20,21)/b13-12+. The van der Waals surface area contributed by atoms with Crippen LogP contribution < -0.4 is 0 Å². The van der Waals surface area contributed by atoms with Gasteiger partial charge in [-0.2, -0.15) is 0 Å². The third-order valence-corrected chi connectivity index (χ3v) is 4.29. The molecule has 3 rings (SSSR count). The highest BCUT2D eigenvalue weighted by Gasteiger charge is 2.10. The number of hydrogen-bond acceptors (Lipinski definition) is 3. The maximum absolute atomic E-state index is 4.50. The molecule has 0 aliphatic rings. The number of thioether (sulfide) groups is 1. The third kappa shape index (κ3) is 3.86. The number of rotatable bonds is 5. The molecule has 1 unspecified atom stereocenters. The second kappa shape index (κ2) is 7.09. The first kappa shape index (κ1) is 14.6. The van der Waals surface area contributed by atoms with E-state index in [-0.39, 0.29) is 0 Å². The molecular formula is C18H17N3S. The van der Waals surface area contributed by atoms with Gasteiger partial charge in [0, 0.05) is 5.25 Å². The number of nitrogens with one attached hydrogen (secondary N) is 1. The van der Waals surface area contributed by atoms with Gasteiger partial charge in [0.15, 0.2) is 0 Å². The monoisotopic (exact) mass is 307 g/mol. The average molecular weight is 307 g/mol. The Bertz CT molecular complexity index is 735. The van der Waals surface area contributed by atoms with Crippen molar-refractivity contribution in [2.45, 2.75) is 17.3 Å². The second-order valence-corrected chi connectivity index (χ2v) is 6.23. The van der Waals surface area contributed by atoms with Crippen LogP contribution in [0.15, 0.2) is 65.8 Å². The van der Waals surface area contributed by atoms with Gasteiger partial charge >= 0.3 is 0 Å². The van der Waals surface area contributed by atoms with Gasteiger partial charge in [0.1, 0.15) is 5.82 Å². The Hall–Kier alpha value is -2.33. The molecule has 1 atom stereocenters. The smallest absolute Gasteiger partial charge is 0.209 e. The number of nitrogens with zero attached hydrogens (tertiary/aromatic N) is 2. The van der Waals surface area contributed by atoms with Crippen LogP contribution in [-0.4, -0.2) is 15.2 Å². The second-order valence-electron chi connectivity index (χ2n) is 4.92. The highest BCUT2D eigenvalue weighted by Crippen LogP contribution is 2.32. The van der Waals surface area contributed by atoms with Crippen LogP contribution in [0.5, 0.6) is 0 Å². The van der Waals surface area contributed by atoms with Crippen molar-refractivity contribution in [1.82, 2.24) is 15.2 Å². The van der Waals surface area contributed by atoms with Crippen molar-refractivity contribution < 1.29 is 0 Å². The minimum Gasteiger partial charge on any atom is -0.259 e. The summed E-state index contributed by atoms with van der Waals surface area (Å²) in [7, 11) is 0. The summed E-state index contributed by atoms with van der Waals surface area (Å²) in [6.07, 6.45) is 3.97. The summed E-state index contributed by atoms with van der Waals surface area (Å²) in [5, 5.41) is 8.32. The Balaban J connectivity index is 1.65. The highest BCUT2D eigenvalue weighted by molar-refractivity contribution is 7.99. The van der Waals surface area contributed by atoms with Crippen molar-refractivity contribution in [2.75, 3.05) is 0 Å². The van der Waals surface area contributed by atoms with Gasteiger partial charge in [-0.3, -0.25) is 5.10 Å². The lowest BCUT2D eigenvalue weighted by Crippen LogP contribution is -1.88. The first-order chi connectivity index (χ1) is 10.8. The van der Waals surface area contributed by atoms with Crippen molar-refractivity contribution in [3.05, 3.63) is 77.6 Å². The van der Waals surface area contributed by atoms with Crippen molar-refractivity contribution in [3.63, 3.8) is 0 Å². The molecule has 1 aromatic heterocycles. The molecule has 3 aromatic rings. The molecule has 0 amide bonds. The van der Waals surface area contributed by atoms with Gasteiger partial charge < -0.3 is 0 Å². The highest BCUT2D eigenvalue weighted by atomic mass is 32.2. The first-order valence-electron chi connectivity index (χ1n) is 7.18. The minimum atomic E-state index is 0.322. The Kier molecular flexibility index (Phi) is 4.71. The normalized spacial score (nSPS) is 12.6. The van der Waals surface area contributed by atoms with Gasteiger partial charge in [-0.15, -0.1) is 5.10 Å². The Morgan fingerprint density at radius 1 is 0.955 bits per heavy atom. The lowest BCUT2D eigenvalue weighted by Gasteiger charge is -2.07. The van der Waals surface area contributed by atoms with Crippen LogP contribution in [0.2, 0.25) is 0 Å². The molecule has 0 radical (unpaired) electrons. The Labute approximate surface area is 134 Å². The molecule has 0 aliphatic heterocycles. The van der Waals surface area contributed by atoms with E-state index in [2.05, 4.69) is 58.5 Å². The fourth-order valence-corrected chi connectivity index (χ4v) is 2.93. The number of aromatic amines is 1. The fraction of sp³-hybridized carbons (Fsp3) is 0.111. The third-order valence-electron chi connectivity index (χ3n) is 3.27. The zero-order chi connectivity index (χ0) is 15.2. The van der Waals surface area contributed by atoms with Gasteiger partial charge in [0.05, 0.1) is 0 Å². The maximum atomic E-state index is 4.50. The van der Waals surface area contributed by atoms with Crippen LogP contribution in [0.25, 0.3) is 12.2 Å². The summed E-state index contributed by atoms with van der Waals surface area (Å²) in [6, 6.07) is 20.5. The van der Waals surface area contributed by atoms with Crippen LogP contribution in [0.3, 0.4) is 0 Å². The van der Waals surface area contributed by atoms with E-state index in [1.165, 1.54) is 5.56 Å². The van der Waals surface area contributed by atoms with E-state index in [0.717, 1.165) is 16.5 Å². The zero-order valence-corrected chi connectivity index (χ0v) is 13.1. The largest absolute Gasteiger partial charge is 0.259 e. The molecule has 0 bridgehead atoms. The van der Waals surface area contributed by atoms with Gasteiger partial charge in [-0.05, 0) is 24.1 Å². The van der Waals surface area contributed by atoms with Crippen molar-refractivity contribution in [3.8, 4) is 0 Å². The SMILES string of the molecule is CC(Sc1n[nH]c(/C=C/c2ccccc2)n1)c1ccccc1. The molecule has 0 spiro atoms. The number of benzene rings is 2. The fourth-order valence-electron chi connectivity index (χ4n) is 2.07. The van der Waals surface area contributed by atoms with Crippen LogP contribution >= 0.6 is 11.8 Å². The van der Waals surface area contributed by atoms with Gasteiger partial charge in [0.25, 0.3) is 0 Å². The molecule has 1 N–H and O–H groups in total. The topological polar surface area (TPSA) is 41.6 Å². The molecule has 22 heavy (non-hydrogen) atoms. The number of hydrogen-bond donors (Lipinski definition) is 1. The van der Waals surface area contributed by atoms with E-state index in [9.17, 15) is 0 Å². The summed E-state index contributed by atoms with van der Waals surface area (Å²) in [6.45, 7) is 2.16. The molecular weight excluding hydrogens is 290 g/mol. The summed E-state index contributed by atoms with van der Waals surface area (Å²) < 4.78 is 0. The predicted molar refractivity (Wildman–Crippen MR) is 92.5 cm³/mol. The van der Waals surface area contributed by atoms with Gasteiger partial charge in [-0.25, -0.2) is 4.98 Å². The first-order valence-corrected chi connectivity index (χ1v) is 8.06. The molecule has 1 heterocycles. The van der Waals surface area contributed by atoms with Crippen molar-refractivity contribution >= 4 is 23.9 Å². The summed E-state index contributed by atoms with van der Waals surface area (Å²) in [5.41, 5.74) is 2.42. The number of aromatic nitrogens is 3. The number of H-pyrrole nitrogens is 1. The van der Waals surface area contributed by atoms with Gasteiger partial charge in [-0.1, -0.05) is 78.5 Å². The molecule has 2 aromatic carbocycles. The summed E-state index contributed by atoms with van der Waals surface area (Å²) >= 11 is 1.65. The van der Waals surface area contributed by atoms with Crippen LogP contribution in [-0.2, 0) is 0 Å². The average Bonchev–Trinajstić information content (AvgIpc) is 3.02. The van der Waals surface area contributed by atoms with E-state index < -0.39 is 0 Å². The minimum absolute atomic E-state index is 0.322. The van der Waals surface area contributed by atoms with E-state index in [0.29, 0.717) is 5.25 Å². The molecule has 0 fully saturated rings. The van der Waals surface area contributed by atoms with E-state index in [1.807, 2.05) is 36.4 Å². The molecule has 0 saturated carbocycles. The summed E-state index contributed by atoms with van der Waals surface area (Å²) in [4.78, 5) is 4.50. The zero-order valence-electron chi connectivity index (χ0n) is 12.3. The van der Waals surface area contributed by atoms with Crippen LogP contribution in [0, 0.1) is 0 Å². The van der Waals surface area contributed by atoms with Crippen molar-refractivity contribution in [1.29, 1.82) is 0 Å². The van der Waals surface area contributed by atoms with Gasteiger partial charge in [0.2, 0.25) is 5.16 Å². The Morgan fingerprint density at radius 2 is 1.64 bits per heavy atom. The van der Waals surface area contributed by atoms with E-state index in [1.54, 1.807) is 11.8 Å². The van der Waals surface area contributed by atoms with Crippen LogP contribution in [0.4, 0.5) is 0 Å². The molecule has 0 saturated heterocycles. The van der Waals surface area contributed by atoms with Crippen molar-refractivity contribution in [2.24, 2.45) is 0 Å². The van der Waals surface area contributed by atoms with Crippen LogP contribution in [0.1, 0.15) is 29.1 Å². The lowest BCUT2D eigenvalue weighted by atomic mass is 10.2. The molecule has 0 aliphatic carbocycles. The predicted octanol–water partition coefficient (Wildman–Crippen LogP) is 4.83. The Morgan fingerprint density at radius 3 is 2.36 bits per heavy atom. The molecule has 110 valence electrons. The molecule has 3 nitrogen and oxygen atoms in total. The van der Waals surface area contributed by atoms with E-state index >= 15 is 0 Å². The molecule has 4 heteroatoms. The summed E-state index contributed by atoms with van der Waals surface area (Å²) in [5.74, 6) is 0.770. The maximum Gasteiger partial charge on any atom is 0.209 e.